The summed E-state index contributed by atoms with van der Waals surface area (Å²) in [6.45, 7) is 6.55. The second kappa shape index (κ2) is 4.71. The summed E-state index contributed by atoms with van der Waals surface area (Å²) >= 11 is 0. The Morgan fingerprint density at radius 3 is 2.60 bits per heavy atom. The minimum atomic E-state index is 0.542. The van der Waals surface area contributed by atoms with E-state index in [1.54, 1.807) is 0 Å². The fourth-order valence-corrected chi connectivity index (χ4v) is 2.22. The smallest absolute Gasteiger partial charge is 0.0617 e. The van der Waals surface area contributed by atoms with Crippen molar-refractivity contribution in [2.24, 2.45) is 5.92 Å². The maximum atomic E-state index is 4.47. The van der Waals surface area contributed by atoms with Crippen molar-refractivity contribution in [1.29, 1.82) is 0 Å². The van der Waals surface area contributed by atoms with Crippen molar-refractivity contribution in [1.82, 2.24) is 15.3 Å². The van der Waals surface area contributed by atoms with Crippen LogP contribution in [-0.4, -0.2) is 23.1 Å². The zero-order valence-corrected chi connectivity index (χ0v) is 9.53. The summed E-state index contributed by atoms with van der Waals surface area (Å²) in [6, 6.07) is 0. The third-order valence-electron chi connectivity index (χ3n) is 3.36. The van der Waals surface area contributed by atoms with E-state index in [0.717, 1.165) is 30.4 Å². The van der Waals surface area contributed by atoms with Crippen molar-refractivity contribution in [3.63, 3.8) is 0 Å². The topological polar surface area (TPSA) is 37.8 Å². The van der Waals surface area contributed by atoms with Gasteiger partial charge in [0.25, 0.3) is 0 Å². The first-order chi connectivity index (χ1) is 7.27. The van der Waals surface area contributed by atoms with Crippen LogP contribution in [0.3, 0.4) is 0 Å². The van der Waals surface area contributed by atoms with E-state index in [4.69, 9.17) is 0 Å². The molecule has 0 bridgehead atoms. The van der Waals surface area contributed by atoms with Crippen LogP contribution in [0.25, 0.3) is 0 Å². The first-order valence-corrected chi connectivity index (χ1v) is 5.76. The molecule has 1 aromatic rings. The molecule has 1 saturated heterocycles. The summed E-state index contributed by atoms with van der Waals surface area (Å²) in [5.41, 5.74) is 2.14. The van der Waals surface area contributed by atoms with Crippen LogP contribution in [0.15, 0.2) is 12.4 Å². The van der Waals surface area contributed by atoms with Gasteiger partial charge < -0.3 is 5.32 Å². The fraction of sp³-hybridized carbons (Fsp3) is 0.667. The van der Waals surface area contributed by atoms with Gasteiger partial charge in [0.2, 0.25) is 0 Å². The number of hydrogen-bond acceptors (Lipinski definition) is 3. The average molecular weight is 205 g/mol. The largest absolute Gasteiger partial charge is 0.317 e. The van der Waals surface area contributed by atoms with Crippen molar-refractivity contribution in [2.75, 3.05) is 13.1 Å². The van der Waals surface area contributed by atoms with Crippen LogP contribution in [0, 0.1) is 12.8 Å². The summed E-state index contributed by atoms with van der Waals surface area (Å²) in [6.07, 6.45) is 6.32. The summed E-state index contributed by atoms with van der Waals surface area (Å²) in [5.74, 6) is 1.31. The highest BCUT2D eigenvalue weighted by atomic mass is 14.9. The molecule has 1 fully saturated rings. The van der Waals surface area contributed by atoms with Gasteiger partial charge >= 0.3 is 0 Å². The molecule has 0 amide bonds. The third kappa shape index (κ3) is 2.53. The Morgan fingerprint density at radius 1 is 1.27 bits per heavy atom. The van der Waals surface area contributed by atoms with Gasteiger partial charge in [-0.15, -0.1) is 0 Å². The predicted octanol–water partition coefficient (Wildman–Crippen LogP) is 1.89. The molecule has 0 aliphatic carbocycles. The first kappa shape index (κ1) is 10.6. The number of nitrogens with one attached hydrogen (secondary N) is 1. The number of hydrogen-bond donors (Lipinski definition) is 1. The van der Waals surface area contributed by atoms with Crippen LogP contribution >= 0.6 is 0 Å². The van der Waals surface area contributed by atoms with E-state index < -0.39 is 0 Å². The molecule has 0 radical (unpaired) electrons. The standard InChI is InChI=1S/C12H19N3/c1-9-7-15-12(8-14-9)10(2)11-3-5-13-6-4-11/h7-8,10-11,13H,3-6H2,1-2H3. The maximum absolute atomic E-state index is 4.47. The van der Waals surface area contributed by atoms with E-state index in [0.29, 0.717) is 5.92 Å². The number of aromatic nitrogens is 2. The molecule has 0 spiro atoms. The summed E-state index contributed by atoms with van der Waals surface area (Å²) in [5, 5.41) is 3.39. The maximum Gasteiger partial charge on any atom is 0.0617 e. The summed E-state index contributed by atoms with van der Waals surface area (Å²) in [4.78, 5) is 8.79. The molecule has 0 saturated carbocycles. The molecule has 1 unspecified atom stereocenters. The lowest BCUT2D eigenvalue weighted by Crippen LogP contribution is -2.30. The van der Waals surface area contributed by atoms with Crippen LogP contribution in [0.4, 0.5) is 0 Å². The highest BCUT2D eigenvalue weighted by Gasteiger charge is 2.22. The second-order valence-corrected chi connectivity index (χ2v) is 4.46. The van der Waals surface area contributed by atoms with Gasteiger partial charge in [-0.25, -0.2) is 0 Å². The summed E-state index contributed by atoms with van der Waals surface area (Å²) < 4.78 is 0. The molecule has 82 valence electrons. The van der Waals surface area contributed by atoms with E-state index in [1.165, 1.54) is 12.8 Å². The van der Waals surface area contributed by atoms with E-state index in [1.807, 2.05) is 19.3 Å². The molecule has 15 heavy (non-hydrogen) atoms. The van der Waals surface area contributed by atoms with Crippen LogP contribution in [0.2, 0.25) is 0 Å². The van der Waals surface area contributed by atoms with Gasteiger partial charge in [0.15, 0.2) is 0 Å². The van der Waals surface area contributed by atoms with Gasteiger partial charge in [0.1, 0.15) is 0 Å². The van der Waals surface area contributed by atoms with E-state index >= 15 is 0 Å². The molecule has 1 atom stereocenters. The van der Waals surface area contributed by atoms with Crippen molar-refractivity contribution < 1.29 is 0 Å². The quantitative estimate of drug-likeness (QED) is 0.801. The molecule has 1 N–H and O–H groups in total. The molecular weight excluding hydrogens is 186 g/mol. The van der Waals surface area contributed by atoms with Crippen LogP contribution < -0.4 is 5.32 Å². The predicted molar refractivity (Wildman–Crippen MR) is 60.8 cm³/mol. The Kier molecular flexibility index (Phi) is 3.31. The Balaban J connectivity index is 2.05. The second-order valence-electron chi connectivity index (χ2n) is 4.46. The number of aryl methyl sites for hydroxylation is 1. The minimum Gasteiger partial charge on any atom is -0.317 e. The van der Waals surface area contributed by atoms with Crippen LogP contribution in [0.5, 0.6) is 0 Å². The van der Waals surface area contributed by atoms with Crippen LogP contribution in [0.1, 0.15) is 37.1 Å². The zero-order valence-electron chi connectivity index (χ0n) is 9.53. The van der Waals surface area contributed by atoms with E-state index in [-0.39, 0.29) is 0 Å². The first-order valence-electron chi connectivity index (χ1n) is 5.76. The normalized spacial score (nSPS) is 20.1. The van der Waals surface area contributed by atoms with Gasteiger partial charge in [-0.3, -0.25) is 9.97 Å². The Labute approximate surface area is 91.3 Å². The lowest BCUT2D eigenvalue weighted by atomic mass is 9.84. The van der Waals surface area contributed by atoms with Crippen molar-refractivity contribution in [3.05, 3.63) is 23.8 Å². The summed E-state index contributed by atoms with van der Waals surface area (Å²) in [7, 11) is 0. The van der Waals surface area contributed by atoms with Gasteiger partial charge in [-0.1, -0.05) is 6.92 Å². The zero-order chi connectivity index (χ0) is 10.7. The Hall–Kier alpha value is -0.960. The van der Waals surface area contributed by atoms with E-state index in [9.17, 15) is 0 Å². The molecule has 3 nitrogen and oxygen atoms in total. The average Bonchev–Trinajstić information content (AvgIpc) is 2.30. The molecule has 3 heteroatoms. The highest BCUT2D eigenvalue weighted by molar-refractivity contribution is 5.07. The SMILES string of the molecule is Cc1cnc(C(C)C2CCNCC2)cn1. The lowest BCUT2D eigenvalue weighted by molar-refractivity contribution is 0.326. The Bertz CT molecular complexity index is 301. The van der Waals surface area contributed by atoms with Gasteiger partial charge in [0, 0.05) is 18.3 Å². The third-order valence-corrected chi connectivity index (χ3v) is 3.36. The molecule has 1 aliphatic rings. The van der Waals surface area contributed by atoms with Gasteiger partial charge in [0.05, 0.1) is 11.4 Å². The molecular formula is C12H19N3. The molecule has 1 aliphatic heterocycles. The molecule has 0 aromatic carbocycles. The van der Waals surface area contributed by atoms with Gasteiger partial charge in [-0.05, 0) is 38.8 Å². The molecule has 2 rings (SSSR count). The molecule has 2 heterocycles. The lowest BCUT2D eigenvalue weighted by Gasteiger charge is -2.27. The minimum absolute atomic E-state index is 0.542. The van der Waals surface area contributed by atoms with Crippen molar-refractivity contribution >= 4 is 0 Å². The number of piperidine rings is 1. The van der Waals surface area contributed by atoms with Crippen LogP contribution in [-0.2, 0) is 0 Å². The van der Waals surface area contributed by atoms with E-state index in [2.05, 4.69) is 22.2 Å². The Morgan fingerprint density at radius 2 is 2.00 bits per heavy atom. The van der Waals surface area contributed by atoms with Crippen molar-refractivity contribution in [2.45, 2.75) is 32.6 Å². The highest BCUT2D eigenvalue weighted by Crippen LogP contribution is 2.28. The monoisotopic (exact) mass is 205 g/mol. The number of nitrogens with zero attached hydrogens (tertiary/aromatic N) is 2. The van der Waals surface area contributed by atoms with Gasteiger partial charge in [-0.2, -0.15) is 0 Å². The molecule has 1 aromatic heterocycles. The van der Waals surface area contributed by atoms with Crippen molar-refractivity contribution in [3.8, 4) is 0 Å². The fourth-order valence-electron chi connectivity index (χ4n) is 2.22. The number of rotatable bonds is 2.